The summed E-state index contributed by atoms with van der Waals surface area (Å²) in [6.07, 6.45) is 3.07. The van der Waals surface area contributed by atoms with Crippen molar-refractivity contribution in [3.05, 3.63) is 83.9 Å². The van der Waals surface area contributed by atoms with Gasteiger partial charge in [-0.25, -0.2) is 0 Å². The van der Waals surface area contributed by atoms with Crippen LogP contribution in [-0.4, -0.2) is 17.6 Å². The third-order valence-corrected chi connectivity index (χ3v) is 4.40. The number of hydrogen-bond donors (Lipinski definition) is 3. The lowest BCUT2D eigenvalue weighted by Crippen LogP contribution is -2.12. The highest BCUT2D eigenvalue weighted by Gasteiger charge is 2.10. The summed E-state index contributed by atoms with van der Waals surface area (Å²) in [5, 5.41) is 12.5. The Labute approximate surface area is 164 Å². The molecule has 0 radical (unpaired) electrons. The number of carbonyl (C=O) groups excluding carboxylic acids is 1. The van der Waals surface area contributed by atoms with Gasteiger partial charge in [-0.3, -0.25) is 4.79 Å². The van der Waals surface area contributed by atoms with Gasteiger partial charge in [0.05, 0.1) is 18.0 Å². The van der Waals surface area contributed by atoms with E-state index in [0.29, 0.717) is 12.2 Å². The average Bonchev–Trinajstić information content (AvgIpc) is 2.72. The maximum absolute atomic E-state index is 12.3. The fourth-order valence-corrected chi connectivity index (χ4v) is 2.83. The zero-order valence-corrected chi connectivity index (χ0v) is 15.6. The zero-order chi connectivity index (χ0) is 19.8. The summed E-state index contributed by atoms with van der Waals surface area (Å²) in [6, 6.07) is 22.1. The first-order valence-electron chi connectivity index (χ1n) is 9.29. The van der Waals surface area contributed by atoms with Gasteiger partial charge in [-0.15, -0.1) is 0 Å². The fourth-order valence-electron chi connectivity index (χ4n) is 2.83. The van der Waals surface area contributed by atoms with Gasteiger partial charge in [-0.05, 0) is 61.2 Å². The summed E-state index contributed by atoms with van der Waals surface area (Å²) in [7, 11) is 0. The second-order valence-corrected chi connectivity index (χ2v) is 6.51. The second kappa shape index (κ2) is 9.46. The van der Waals surface area contributed by atoms with Crippen molar-refractivity contribution in [1.29, 1.82) is 0 Å². The molecule has 0 aromatic heterocycles. The molecule has 0 aliphatic heterocycles. The van der Waals surface area contributed by atoms with Gasteiger partial charge in [0, 0.05) is 5.56 Å². The Morgan fingerprint density at radius 1 is 0.929 bits per heavy atom. The molecule has 0 bridgehead atoms. The second-order valence-electron chi connectivity index (χ2n) is 6.51. The molecule has 5 heteroatoms. The van der Waals surface area contributed by atoms with E-state index in [1.54, 1.807) is 42.5 Å². The van der Waals surface area contributed by atoms with Crippen LogP contribution in [0.15, 0.2) is 72.8 Å². The maximum atomic E-state index is 12.3. The SMILES string of the molecule is Nc1cccc(NC(=O)c2ccc(OCCCCc3ccccc3)cc2)c1O. The molecule has 0 saturated carbocycles. The van der Waals surface area contributed by atoms with Crippen LogP contribution in [0.1, 0.15) is 28.8 Å². The van der Waals surface area contributed by atoms with Crippen LogP contribution >= 0.6 is 0 Å². The van der Waals surface area contributed by atoms with Crippen molar-refractivity contribution in [3.8, 4) is 11.5 Å². The normalized spacial score (nSPS) is 10.4. The van der Waals surface area contributed by atoms with Gasteiger partial charge in [0.2, 0.25) is 0 Å². The van der Waals surface area contributed by atoms with Gasteiger partial charge in [0.1, 0.15) is 5.75 Å². The number of amides is 1. The van der Waals surface area contributed by atoms with Gasteiger partial charge in [0.25, 0.3) is 5.91 Å². The van der Waals surface area contributed by atoms with Crippen molar-refractivity contribution in [2.24, 2.45) is 0 Å². The molecule has 3 rings (SSSR count). The fraction of sp³-hybridized carbons (Fsp3) is 0.174. The lowest BCUT2D eigenvalue weighted by atomic mass is 10.1. The Balaban J connectivity index is 1.45. The quantitative estimate of drug-likeness (QED) is 0.304. The van der Waals surface area contributed by atoms with E-state index >= 15 is 0 Å². The number of nitrogen functional groups attached to an aromatic ring is 1. The highest BCUT2D eigenvalue weighted by atomic mass is 16.5. The summed E-state index contributed by atoms with van der Waals surface area (Å²) >= 11 is 0. The molecule has 0 aliphatic rings. The zero-order valence-electron chi connectivity index (χ0n) is 15.6. The molecule has 28 heavy (non-hydrogen) atoms. The molecule has 0 heterocycles. The summed E-state index contributed by atoms with van der Waals surface area (Å²) in [6.45, 7) is 0.634. The predicted molar refractivity (Wildman–Crippen MR) is 112 cm³/mol. The van der Waals surface area contributed by atoms with Crippen LogP contribution in [0.5, 0.6) is 11.5 Å². The summed E-state index contributed by atoms with van der Waals surface area (Å²) in [4.78, 5) is 12.3. The number of phenols is 1. The van der Waals surface area contributed by atoms with E-state index in [2.05, 4.69) is 29.6 Å². The molecule has 0 saturated heterocycles. The molecule has 0 spiro atoms. The Hall–Kier alpha value is -3.47. The number of hydrogen-bond acceptors (Lipinski definition) is 4. The highest BCUT2D eigenvalue weighted by Crippen LogP contribution is 2.29. The van der Waals surface area contributed by atoms with E-state index in [4.69, 9.17) is 10.5 Å². The molecule has 1 amide bonds. The first-order chi connectivity index (χ1) is 13.6. The summed E-state index contributed by atoms with van der Waals surface area (Å²) < 4.78 is 5.74. The number of unbranched alkanes of at least 4 members (excludes halogenated alkanes) is 1. The van der Waals surface area contributed by atoms with Crippen molar-refractivity contribution in [1.82, 2.24) is 0 Å². The molecular weight excluding hydrogens is 352 g/mol. The van der Waals surface area contributed by atoms with Crippen LogP contribution in [0, 0.1) is 0 Å². The first kappa shape index (κ1) is 19.3. The molecular formula is C23H24N2O3. The number of nitrogens with two attached hydrogens (primary N) is 1. The van der Waals surface area contributed by atoms with Crippen LogP contribution < -0.4 is 15.8 Å². The minimum atomic E-state index is -0.324. The average molecular weight is 376 g/mol. The number of carbonyl (C=O) groups is 1. The van der Waals surface area contributed by atoms with Crippen LogP contribution in [0.2, 0.25) is 0 Å². The minimum absolute atomic E-state index is 0.133. The van der Waals surface area contributed by atoms with Crippen molar-refractivity contribution >= 4 is 17.3 Å². The number of aryl methyl sites for hydroxylation is 1. The standard InChI is InChI=1S/C23H24N2O3/c24-20-10-6-11-21(22(20)26)25-23(27)18-12-14-19(15-13-18)28-16-5-4-9-17-7-2-1-3-8-17/h1-3,6-8,10-15,26H,4-5,9,16,24H2,(H,25,27). The van der Waals surface area contributed by atoms with E-state index in [1.807, 2.05) is 6.07 Å². The van der Waals surface area contributed by atoms with Crippen LogP contribution in [-0.2, 0) is 6.42 Å². The Bertz CT molecular complexity index is 909. The van der Waals surface area contributed by atoms with Gasteiger partial charge >= 0.3 is 0 Å². The van der Waals surface area contributed by atoms with Crippen molar-refractivity contribution in [2.75, 3.05) is 17.7 Å². The van der Waals surface area contributed by atoms with Crippen molar-refractivity contribution < 1.29 is 14.6 Å². The number of anilines is 2. The van der Waals surface area contributed by atoms with Gasteiger partial charge in [0.15, 0.2) is 5.75 Å². The van der Waals surface area contributed by atoms with Crippen LogP contribution in [0.3, 0.4) is 0 Å². The third-order valence-electron chi connectivity index (χ3n) is 4.40. The van der Waals surface area contributed by atoms with Crippen LogP contribution in [0.4, 0.5) is 11.4 Å². The Morgan fingerprint density at radius 3 is 2.43 bits per heavy atom. The van der Waals surface area contributed by atoms with E-state index < -0.39 is 0 Å². The van der Waals surface area contributed by atoms with E-state index in [1.165, 1.54) is 5.56 Å². The molecule has 0 fully saturated rings. The minimum Gasteiger partial charge on any atom is -0.504 e. The molecule has 4 N–H and O–H groups in total. The maximum Gasteiger partial charge on any atom is 0.255 e. The first-order valence-corrected chi connectivity index (χ1v) is 9.29. The molecule has 0 unspecified atom stereocenters. The lowest BCUT2D eigenvalue weighted by molar-refractivity contribution is 0.102. The van der Waals surface area contributed by atoms with Gasteiger partial charge < -0.3 is 20.9 Å². The number of rotatable bonds is 8. The van der Waals surface area contributed by atoms with Crippen LogP contribution in [0.25, 0.3) is 0 Å². The molecule has 3 aromatic carbocycles. The lowest BCUT2D eigenvalue weighted by Gasteiger charge is -2.10. The molecule has 0 atom stereocenters. The monoisotopic (exact) mass is 376 g/mol. The summed E-state index contributed by atoms with van der Waals surface area (Å²) in [5.74, 6) is 0.268. The van der Waals surface area contributed by atoms with Crippen molar-refractivity contribution in [3.63, 3.8) is 0 Å². The molecule has 144 valence electrons. The number of nitrogens with one attached hydrogen (secondary N) is 1. The van der Waals surface area contributed by atoms with Gasteiger partial charge in [-0.1, -0.05) is 36.4 Å². The molecule has 0 aliphatic carbocycles. The predicted octanol–water partition coefficient (Wildman–Crippen LogP) is 4.63. The number of aromatic hydroxyl groups is 1. The van der Waals surface area contributed by atoms with Crippen molar-refractivity contribution in [2.45, 2.75) is 19.3 Å². The largest absolute Gasteiger partial charge is 0.504 e. The number of para-hydroxylation sites is 1. The smallest absolute Gasteiger partial charge is 0.255 e. The number of ether oxygens (including phenoxy) is 1. The Morgan fingerprint density at radius 2 is 1.68 bits per heavy atom. The third kappa shape index (κ3) is 5.27. The van der Waals surface area contributed by atoms with E-state index in [-0.39, 0.29) is 23.0 Å². The summed E-state index contributed by atoms with van der Waals surface area (Å²) in [5.41, 5.74) is 7.94. The van der Waals surface area contributed by atoms with E-state index in [9.17, 15) is 9.90 Å². The molecule has 3 aromatic rings. The number of benzene rings is 3. The topological polar surface area (TPSA) is 84.6 Å². The molecule has 5 nitrogen and oxygen atoms in total. The number of phenolic OH excluding ortho intramolecular Hbond substituents is 1. The van der Waals surface area contributed by atoms with E-state index in [0.717, 1.165) is 25.0 Å². The Kier molecular flexibility index (Phi) is 6.52. The van der Waals surface area contributed by atoms with Gasteiger partial charge in [-0.2, -0.15) is 0 Å². The highest BCUT2D eigenvalue weighted by molar-refractivity contribution is 6.05.